The van der Waals surface area contributed by atoms with Gasteiger partial charge in [0.25, 0.3) is 0 Å². The maximum Gasteiger partial charge on any atom is 0.317 e. The summed E-state index contributed by atoms with van der Waals surface area (Å²) in [5, 5.41) is 2.80. The Balaban J connectivity index is 2.02. The fourth-order valence-corrected chi connectivity index (χ4v) is 3.95. The van der Waals surface area contributed by atoms with Gasteiger partial charge in [-0.15, -0.1) is 0 Å². The summed E-state index contributed by atoms with van der Waals surface area (Å²) in [7, 11) is -3.36. The summed E-state index contributed by atoms with van der Waals surface area (Å²) in [5.74, 6) is 1.09. The number of hydrogen-bond acceptors (Lipinski definition) is 4. The summed E-state index contributed by atoms with van der Waals surface area (Å²) >= 11 is 0. The maximum atomic E-state index is 12.4. The topological polar surface area (TPSA) is 79.4 Å². The first-order valence-corrected chi connectivity index (χ1v) is 9.83. The molecule has 7 heteroatoms. The van der Waals surface area contributed by atoms with E-state index in [-0.39, 0.29) is 17.5 Å². The van der Waals surface area contributed by atoms with Crippen molar-refractivity contribution in [2.45, 2.75) is 38.1 Å². The number of carbonyl (C=O) groups is 1. The van der Waals surface area contributed by atoms with Crippen molar-refractivity contribution < 1.29 is 13.2 Å². The van der Waals surface area contributed by atoms with Crippen LogP contribution in [0.5, 0.6) is 0 Å². The average Bonchev–Trinajstić information content (AvgIpc) is 2.64. The Labute approximate surface area is 138 Å². The van der Waals surface area contributed by atoms with E-state index >= 15 is 0 Å². The third-order valence-corrected chi connectivity index (χ3v) is 5.34. The van der Waals surface area contributed by atoms with E-state index in [1.165, 1.54) is 12.3 Å². The van der Waals surface area contributed by atoms with Crippen LogP contribution in [0.2, 0.25) is 0 Å². The quantitative estimate of drug-likeness (QED) is 0.914. The minimum absolute atomic E-state index is 0.114. The molecule has 1 aliphatic heterocycles. The number of amides is 2. The van der Waals surface area contributed by atoms with Crippen LogP contribution >= 0.6 is 0 Å². The van der Waals surface area contributed by atoms with Crippen LogP contribution in [0, 0.1) is 11.8 Å². The smallest absolute Gasteiger partial charge is 0.317 e. The van der Waals surface area contributed by atoms with Crippen molar-refractivity contribution in [1.29, 1.82) is 0 Å². The molecule has 2 amide bonds. The molecule has 1 fully saturated rings. The molecule has 0 radical (unpaired) electrons. The standard InChI is InChI=1S/C16H25N3O3S/c1-12-6-8-19(11-13(2)9-12)16(20)18-10-14-15(23(3,21)22)5-4-7-17-14/h4-5,7,12-13H,6,8-11H2,1-3H3,(H,18,20)/t12-,13-/m1/s1. The highest BCUT2D eigenvalue weighted by Crippen LogP contribution is 2.21. The summed E-state index contributed by atoms with van der Waals surface area (Å²) in [6.45, 7) is 5.95. The molecule has 1 aromatic heterocycles. The van der Waals surface area contributed by atoms with Gasteiger partial charge in [0.15, 0.2) is 9.84 Å². The highest BCUT2D eigenvalue weighted by Gasteiger charge is 2.23. The lowest BCUT2D eigenvalue weighted by molar-refractivity contribution is 0.193. The number of nitrogens with one attached hydrogen (secondary N) is 1. The Morgan fingerprint density at radius 3 is 2.83 bits per heavy atom. The maximum absolute atomic E-state index is 12.4. The molecule has 1 aromatic rings. The van der Waals surface area contributed by atoms with Crippen molar-refractivity contribution in [3.05, 3.63) is 24.0 Å². The van der Waals surface area contributed by atoms with Crippen molar-refractivity contribution >= 4 is 15.9 Å². The molecule has 0 spiro atoms. The molecule has 2 rings (SSSR count). The van der Waals surface area contributed by atoms with E-state index in [0.29, 0.717) is 17.5 Å². The Morgan fingerprint density at radius 1 is 1.39 bits per heavy atom. The van der Waals surface area contributed by atoms with E-state index in [4.69, 9.17) is 0 Å². The number of urea groups is 1. The summed E-state index contributed by atoms with van der Waals surface area (Å²) in [5.41, 5.74) is 0.375. The first-order valence-electron chi connectivity index (χ1n) is 7.94. The predicted molar refractivity (Wildman–Crippen MR) is 88.7 cm³/mol. The van der Waals surface area contributed by atoms with E-state index in [2.05, 4.69) is 24.1 Å². The van der Waals surface area contributed by atoms with E-state index in [1.807, 2.05) is 4.90 Å². The molecular formula is C16H25N3O3S. The molecular weight excluding hydrogens is 314 g/mol. The lowest BCUT2D eigenvalue weighted by Crippen LogP contribution is -2.41. The summed E-state index contributed by atoms with van der Waals surface area (Å²) < 4.78 is 23.5. The number of likely N-dealkylation sites (tertiary alicyclic amines) is 1. The van der Waals surface area contributed by atoms with Crippen molar-refractivity contribution in [3.8, 4) is 0 Å². The van der Waals surface area contributed by atoms with Gasteiger partial charge in [-0.05, 0) is 36.8 Å². The van der Waals surface area contributed by atoms with Crippen molar-refractivity contribution in [3.63, 3.8) is 0 Å². The number of hydrogen-bond donors (Lipinski definition) is 1. The Hall–Kier alpha value is -1.63. The van der Waals surface area contributed by atoms with E-state index in [9.17, 15) is 13.2 Å². The molecule has 6 nitrogen and oxygen atoms in total. The van der Waals surface area contributed by atoms with Crippen molar-refractivity contribution in [2.24, 2.45) is 11.8 Å². The molecule has 0 bridgehead atoms. The second kappa shape index (κ2) is 7.29. The normalized spacial score (nSPS) is 22.5. The molecule has 0 saturated carbocycles. The first kappa shape index (κ1) is 17.7. The van der Waals surface area contributed by atoms with Gasteiger partial charge in [-0.3, -0.25) is 4.98 Å². The minimum Gasteiger partial charge on any atom is -0.332 e. The molecule has 2 atom stereocenters. The Bertz CT molecular complexity index is 660. The average molecular weight is 339 g/mol. The van der Waals surface area contributed by atoms with Crippen LogP contribution in [0.4, 0.5) is 4.79 Å². The predicted octanol–water partition coefficient (Wildman–Crippen LogP) is 2.06. The van der Waals surface area contributed by atoms with E-state index in [1.54, 1.807) is 6.07 Å². The van der Waals surface area contributed by atoms with Gasteiger partial charge in [0.2, 0.25) is 0 Å². The zero-order valence-electron chi connectivity index (χ0n) is 13.9. The van der Waals surface area contributed by atoms with Crippen LogP contribution < -0.4 is 5.32 Å². The number of aromatic nitrogens is 1. The van der Waals surface area contributed by atoms with Gasteiger partial charge < -0.3 is 10.2 Å². The van der Waals surface area contributed by atoms with Gasteiger partial charge in [0, 0.05) is 25.5 Å². The molecule has 1 aliphatic rings. The van der Waals surface area contributed by atoms with Crippen LogP contribution in [-0.4, -0.2) is 43.7 Å². The lowest BCUT2D eigenvalue weighted by Gasteiger charge is -2.23. The largest absolute Gasteiger partial charge is 0.332 e. The minimum atomic E-state index is -3.36. The van der Waals surface area contributed by atoms with Gasteiger partial charge in [0.1, 0.15) is 0 Å². The zero-order chi connectivity index (χ0) is 17.0. The highest BCUT2D eigenvalue weighted by molar-refractivity contribution is 7.90. The van der Waals surface area contributed by atoms with Gasteiger partial charge in [-0.2, -0.15) is 0 Å². The Morgan fingerprint density at radius 2 is 2.13 bits per heavy atom. The third-order valence-electron chi connectivity index (χ3n) is 4.17. The summed E-state index contributed by atoms with van der Waals surface area (Å²) in [6, 6.07) is 2.94. The number of nitrogens with zero attached hydrogens (tertiary/aromatic N) is 2. The van der Waals surface area contributed by atoms with Gasteiger partial charge in [-0.1, -0.05) is 13.8 Å². The first-order chi connectivity index (χ1) is 10.8. The molecule has 1 saturated heterocycles. The fourth-order valence-electron chi connectivity index (χ4n) is 3.07. The fraction of sp³-hybridized carbons (Fsp3) is 0.625. The molecule has 0 unspecified atom stereocenters. The molecule has 0 aliphatic carbocycles. The highest BCUT2D eigenvalue weighted by atomic mass is 32.2. The van der Waals surface area contributed by atoms with Crippen LogP contribution in [0.1, 0.15) is 32.4 Å². The summed E-state index contributed by atoms with van der Waals surface area (Å²) in [4.78, 5) is 18.5. The number of carbonyl (C=O) groups excluding carboxylic acids is 1. The van der Waals surface area contributed by atoms with E-state index < -0.39 is 9.84 Å². The molecule has 128 valence electrons. The lowest BCUT2D eigenvalue weighted by atomic mass is 9.97. The summed E-state index contributed by atoms with van der Waals surface area (Å²) in [6.07, 6.45) is 4.80. The SMILES string of the molecule is C[C@@H]1CCN(C(=O)NCc2ncccc2S(C)(=O)=O)C[C@H](C)C1. The van der Waals surface area contributed by atoms with Gasteiger partial charge in [0.05, 0.1) is 17.1 Å². The van der Waals surface area contributed by atoms with Gasteiger partial charge in [-0.25, -0.2) is 13.2 Å². The van der Waals surface area contributed by atoms with Crippen LogP contribution in [0.3, 0.4) is 0 Å². The van der Waals surface area contributed by atoms with Crippen LogP contribution in [-0.2, 0) is 16.4 Å². The molecule has 2 heterocycles. The van der Waals surface area contributed by atoms with Crippen molar-refractivity contribution in [1.82, 2.24) is 15.2 Å². The second-order valence-corrected chi connectivity index (χ2v) is 8.54. The van der Waals surface area contributed by atoms with Crippen LogP contribution in [0.15, 0.2) is 23.2 Å². The molecule has 1 N–H and O–H groups in total. The molecule has 23 heavy (non-hydrogen) atoms. The third kappa shape index (κ3) is 4.92. The van der Waals surface area contributed by atoms with Gasteiger partial charge >= 0.3 is 6.03 Å². The Kier molecular flexibility index (Phi) is 5.62. The number of rotatable bonds is 3. The monoisotopic (exact) mass is 339 g/mol. The van der Waals surface area contributed by atoms with E-state index in [0.717, 1.165) is 32.2 Å². The number of sulfone groups is 1. The van der Waals surface area contributed by atoms with Crippen molar-refractivity contribution in [2.75, 3.05) is 19.3 Å². The van der Waals surface area contributed by atoms with Crippen LogP contribution in [0.25, 0.3) is 0 Å². The molecule has 0 aromatic carbocycles. The second-order valence-electron chi connectivity index (χ2n) is 6.56. The zero-order valence-corrected chi connectivity index (χ0v) is 14.8. The number of pyridine rings is 1.